The molecule has 0 bridgehead atoms. The maximum Gasteiger partial charge on any atom is 0.103 e. The predicted octanol–water partition coefficient (Wildman–Crippen LogP) is 1.20. The monoisotopic (exact) mass is 204 g/mol. The first-order chi connectivity index (χ1) is 7.19. The molecule has 0 aromatic carbocycles. The summed E-state index contributed by atoms with van der Waals surface area (Å²) in [6, 6.07) is 4.08. The lowest BCUT2D eigenvalue weighted by atomic mass is 10.1. The van der Waals surface area contributed by atoms with Crippen LogP contribution in [0.4, 0.5) is 5.69 Å². The van der Waals surface area contributed by atoms with Gasteiger partial charge in [-0.3, -0.25) is 4.98 Å². The van der Waals surface area contributed by atoms with Gasteiger partial charge >= 0.3 is 0 Å². The summed E-state index contributed by atoms with van der Waals surface area (Å²) in [5.74, 6) is 0. The lowest BCUT2D eigenvalue weighted by Crippen LogP contribution is -2.18. The maximum atomic E-state index is 9.00. The predicted molar refractivity (Wildman–Crippen MR) is 60.8 cm³/mol. The molecule has 1 aromatic rings. The Hall–Kier alpha value is -1.60. The normalized spacial score (nSPS) is 9.73. The van der Waals surface area contributed by atoms with Gasteiger partial charge in [-0.1, -0.05) is 0 Å². The van der Waals surface area contributed by atoms with Crippen molar-refractivity contribution in [2.75, 3.05) is 25.5 Å². The fourth-order valence-corrected chi connectivity index (χ4v) is 1.43. The van der Waals surface area contributed by atoms with Crippen molar-refractivity contribution in [3.8, 4) is 6.07 Å². The van der Waals surface area contributed by atoms with Crippen LogP contribution >= 0.6 is 0 Å². The molecule has 0 saturated carbocycles. The van der Waals surface area contributed by atoms with Crippen molar-refractivity contribution in [1.82, 2.24) is 10.3 Å². The van der Waals surface area contributed by atoms with Crippen LogP contribution in [0.3, 0.4) is 0 Å². The molecule has 80 valence electrons. The van der Waals surface area contributed by atoms with Crippen molar-refractivity contribution in [3.05, 3.63) is 23.0 Å². The molecule has 0 saturated heterocycles. The van der Waals surface area contributed by atoms with Crippen molar-refractivity contribution >= 4 is 5.69 Å². The highest BCUT2D eigenvalue weighted by molar-refractivity contribution is 5.59. The first-order valence-electron chi connectivity index (χ1n) is 4.96. The Morgan fingerprint density at radius 2 is 2.13 bits per heavy atom. The molecular weight excluding hydrogens is 188 g/mol. The molecule has 0 fully saturated rings. The van der Waals surface area contributed by atoms with E-state index in [2.05, 4.69) is 21.7 Å². The van der Waals surface area contributed by atoms with Gasteiger partial charge in [-0.15, -0.1) is 0 Å². The van der Waals surface area contributed by atoms with Crippen LogP contribution in [-0.4, -0.2) is 25.1 Å². The number of pyridine rings is 1. The maximum absolute atomic E-state index is 9.00. The highest BCUT2D eigenvalue weighted by atomic mass is 14.9. The summed E-state index contributed by atoms with van der Waals surface area (Å²) in [6.45, 7) is 5.45. The molecule has 4 nitrogen and oxygen atoms in total. The van der Waals surface area contributed by atoms with E-state index in [1.165, 1.54) is 0 Å². The highest BCUT2D eigenvalue weighted by Gasteiger charge is 2.06. The van der Waals surface area contributed by atoms with Crippen molar-refractivity contribution in [3.63, 3.8) is 0 Å². The van der Waals surface area contributed by atoms with Crippen molar-refractivity contribution in [1.29, 1.82) is 5.26 Å². The molecule has 2 N–H and O–H groups in total. The van der Waals surface area contributed by atoms with Gasteiger partial charge in [0.2, 0.25) is 0 Å². The van der Waals surface area contributed by atoms with Gasteiger partial charge in [0.05, 0.1) is 16.9 Å². The van der Waals surface area contributed by atoms with E-state index < -0.39 is 0 Å². The second-order valence-electron chi connectivity index (χ2n) is 3.41. The third-order valence-electron chi connectivity index (χ3n) is 2.13. The molecule has 0 radical (unpaired) electrons. The van der Waals surface area contributed by atoms with E-state index in [9.17, 15) is 0 Å². The molecule has 15 heavy (non-hydrogen) atoms. The Balaban J connectivity index is 2.90. The minimum absolute atomic E-state index is 0.636. The smallest absolute Gasteiger partial charge is 0.103 e. The van der Waals surface area contributed by atoms with Crippen LogP contribution in [0, 0.1) is 25.2 Å². The standard InChI is InChI=1S/C11H16N4/c1-8-6-11(14-5-4-13-3)10(7-12)9(2)15-8/h6,13H,4-5H2,1-3H3,(H,14,15). The molecule has 0 spiro atoms. The van der Waals surface area contributed by atoms with E-state index in [-0.39, 0.29) is 0 Å². The molecule has 1 rings (SSSR count). The third-order valence-corrected chi connectivity index (χ3v) is 2.13. The minimum atomic E-state index is 0.636. The molecule has 0 amide bonds. The van der Waals surface area contributed by atoms with Gasteiger partial charge in [0, 0.05) is 18.8 Å². The average molecular weight is 204 g/mol. The number of aromatic nitrogens is 1. The Kier molecular flexibility index (Phi) is 4.07. The molecule has 0 aliphatic heterocycles. The second kappa shape index (κ2) is 5.32. The fraction of sp³-hybridized carbons (Fsp3) is 0.455. The van der Waals surface area contributed by atoms with Gasteiger partial charge in [-0.05, 0) is 27.0 Å². The first-order valence-corrected chi connectivity index (χ1v) is 4.96. The Morgan fingerprint density at radius 1 is 1.40 bits per heavy atom. The Bertz CT molecular complexity index is 379. The topological polar surface area (TPSA) is 60.7 Å². The third kappa shape index (κ3) is 2.93. The van der Waals surface area contributed by atoms with E-state index in [1.807, 2.05) is 27.0 Å². The Morgan fingerprint density at radius 3 is 2.73 bits per heavy atom. The van der Waals surface area contributed by atoms with E-state index in [1.54, 1.807) is 0 Å². The highest BCUT2D eigenvalue weighted by Crippen LogP contribution is 2.17. The molecular formula is C11H16N4. The van der Waals surface area contributed by atoms with E-state index >= 15 is 0 Å². The van der Waals surface area contributed by atoms with Crippen LogP contribution in [0.25, 0.3) is 0 Å². The van der Waals surface area contributed by atoms with Gasteiger partial charge in [-0.25, -0.2) is 0 Å². The largest absolute Gasteiger partial charge is 0.383 e. The number of hydrogen-bond donors (Lipinski definition) is 2. The average Bonchev–Trinajstić information content (AvgIpc) is 2.17. The molecule has 0 atom stereocenters. The molecule has 1 heterocycles. The first kappa shape index (κ1) is 11.5. The van der Waals surface area contributed by atoms with Crippen LogP contribution in [0.1, 0.15) is 17.0 Å². The zero-order valence-corrected chi connectivity index (χ0v) is 9.39. The number of hydrogen-bond acceptors (Lipinski definition) is 4. The van der Waals surface area contributed by atoms with Gasteiger partial charge in [0.1, 0.15) is 6.07 Å². The SMILES string of the molecule is CNCCNc1cc(C)nc(C)c1C#N. The molecule has 0 aliphatic carbocycles. The van der Waals surface area contributed by atoms with Crippen LogP contribution < -0.4 is 10.6 Å². The van der Waals surface area contributed by atoms with Crippen molar-refractivity contribution in [2.45, 2.75) is 13.8 Å². The summed E-state index contributed by atoms with van der Waals surface area (Å²) in [4.78, 5) is 4.26. The number of nitrogens with one attached hydrogen (secondary N) is 2. The lowest BCUT2D eigenvalue weighted by molar-refractivity contribution is 0.823. The summed E-state index contributed by atoms with van der Waals surface area (Å²) in [6.07, 6.45) is 0. The quantitative estimate of drug-likeness (QED) is 0.723. The zero-order valence-electron chi connectivity index (χ0n) is 9.39. The second-order valence-corrected chi connectivity index (χ2v) is 3.41. The van der Waals surface area contributed by atoms with Crippen molar-refractivity contribution in [2.24, 2.45) is 0 Å². The summed E-state index contributed by atoms with van der Waals surface area (Å²) in [5.41, 5.74) is 3.22. The van der Waals surface area contributed by atoms with Gasteiger partial charge in [0.15, 0.2) is 0 Å². The number of nitrogens with zero attached hydrogens (tertiary/aromatic N) is 2. The summed E-state index contributed by atoms with van der Waals surface area (Å²) in [7, 11) is 1.90. The van der Waals surface area contributed by atoms with Crippen LogP contribution in [0.2, 0.25) is 0 Å². The van der Waals surface area contributed by atoms with Gasteiger partial charge in [0.25, 0.3) is 0 Å². The fourth-order valence-electron chi connectivity index (χ4n) is 1.43. The van der Waals surface area contributed by atoms with Crippen LogP contribution in [0.5, 0.6) is 0 Å². The van der Waals surface area contributed by atoms with E-state index in [0.717, 1.165) is 30.2 Å². The number of likely N-dealkylation sites (N-methyl/N-ethyl adjacent to an activating group) is 1. The molecule has 0 unspecified atom stereocenters. The van der Waals surface area contributed by atoms with Gasteiger partial charge in [-0.2, -0.15) is 5.26 Å². The number of aryl methyl sites for hydroxylation is 2. The van der Waals surface area contributed by atoms with Gasteiger partial charge < -0.3 is 10.6 Å². The van der Waals surface area contributed by atoms with Crippen molar-refractivity contribution < 1.29 is 0 Å². The van der Waals surface area contributed by atoms with Crippen LogP contribution in [0.15, 0.2) is 6.07 Å². The molecule has 0 aliphatic rings. The van der Waals surface area contributed by atoms with E-state index in [4.69, 9.17) is 5.26 Å². The summed E-state index contributed by atoms with van der Waals surface area (Å²) < 4.78 is 0. The number of rotatable bonds is 4. The number of anilines is 1. The summed E-state index contributed by atoms with van der Waals surface area (Å²) in [5, 5.41) is 15.3. The Labute approximate surface area is 90.3 Å². The minimum Gasteiger partial charge on any atom is -0.383 e. The summed E-state index contributed by atoms with van der Waals surface area (Å²) >= 11 is 0. The van der Waals surface area contributed by atoms with Crippen LogP contribution in [-0.2, 0) is 0 Å². The van der Waals surface area contributed by atoms with E-state index in [0.29, 0.717) is 5.56 Å². The molecule has 1 aromatic heterocycles. The number of nitriles is 1. The lowest BCUT2D eigenvalue weighted by Gasteiger charge is -2.10. The molecule has 4 heteroatoms. The zero-order chi connectivity index (χ0) is 11.3.